The Morgan fingerprint density at radius 2 is 1.88 bits per heavy atom. The van der Waals surface area contributed by atoms with Crippen LogP contribution in [0.3, 0.4) is 0 Å². The quantitative estimate of drug-likeness (QED) is 0.327. The van der Waals surface area contributed by atoms with E-state index in [1.807, 2.05) is 0 Å². The predicted octanol–water partition coefficient (Wildman–Crippen LogP) is 5.89. The van der Waals surface area contributed by atoms with Gasteiger partial charge in [-0.05, 0) is 85.3 Å². The van der Waals surface area contributed by atoms with Gasteiger partial charge in [-0.1, -0.05) is 38.1 Å². The van der Waals surface area contributed by atoms with Crippen LogP contribution in [0.5, 0.6) is 5.75 Å². The summed E-state index contributed by atoms with van der Waals surface area (Å²) in [7, 11) is 0. The SMILES string of the molecule is CCOC(=O)/C=C/c1cc(F)c(F)c(OC[C@H](O)CCC(C)(C)CC2Cc3ccccc3C2)c1. The summed E-state index contributed by atoms with van der Waals surface area (Å²) in [6, 6.07) is 10.8. The van der Waals surface area contributed by atoms with E-state index in [4.69, 9.17) is 9.47 Å². The molecule has 0 saturated carbocycles. The largest absolute Gasteiger partial charge is 0.488 e. The zero-order valence-electron chi connectivity index (χ0n) is 20.2. The number of aliphatic hydroxyl groups excluding tert-OH is 1. The Morgan fingerprint density at radius 1 is 1.21 bits per heavy atom. The summed E-state index contributed by atoms with van der Waals surface area (Å²) in [5.41, 5.74) is 3.17. The highest BCUT2D eigenvalue weighted by Gasteiger charge is 2.28. The van der Waals surface area contributed by atoms with E-state index in [-0.39, 0.29) is 29.9 Å². The van der Waals surface area contributed by atoms with Crippen molar-refractivity contribution in [2.45, 2.75) is 59.0 Å². The number of carbonyl (C=O) groups excluding carboxylic acids is 1. The Hall–Kier alpha value is -2.73. The molecule has 34 heavy (non-hydrogen) atoms. The minimum Gasteiger partial charge on any atom is -0.488 e. The maximum atomic E-state index is 14.2. The summed E-state index contributed by atoms with van der Waals surface area (Å²) in [4.78, 5) is 11.4. The molecule has 2 aromatic carbocycles. The van der Waals surface area contributed by atoms with Crippen molar-refractivity contribution in [2.75, 3.05) is 13.2 Å². The fourth-order valence-corrected chi connectivity index (χ4v) is 4.64. The van der Waals surface area contributed by atoms with Crippen molar-refractivity contribution in [3.8, 4) is 5.75 Å². The number of aliphatic hydroxyl groups is 1. The molecule has 3 rings (SSSR count). The molecule has 0 aliphatic heterocycles. The fourth-order valence-electron chi connectivity index (χ4n) is 4.64. The molecule has 184 valence electrons. The Bertz CT molecular complexity index is 990. The van der Waals surface area contributed by atoms with Gasteiger partial charge in [0.1, 0.15) is 6.61 Å². The lowest BCUT2D eigenvalue weighted by Gasteiger charge is -2.29. The standard InChI is InChI=1S/C28H34F2O4/c1-4-33-26(32)10-9-19-15-24(29)27(30)25(16-19)34-18-23(31)11-12-28(2,3)17-20-13-21-7-5-6-8-22(21)14-20/h5-10,15-16,20,23,31H,4,11-14,17-18H2,1-3H3/b10-9+/t23-/m1/s1. The smallest absolute Gasteiger partial charge is 0.330 e. The van der Waals surface area contributed by atoms with Gasteiger partial charge in [-0.3, -0.25) is 0 Å². The van der Waals surface area contributed by atoms with Gasteiger partial charge in [-0.15, -0.1) is 0 Å². The van der Waals surface area contributed by atoms with E-state index < -0.39 is 23.7 Å². The maximum Gasteiger partial charge on any atom is 0.330 e. The second-order valence-electron chi connectivity index (χ2n) is 9.82. The monoisotopic (exact) mass is 472 g/mol. The first kappa shape index (κ1) is 25.9. The molecule has 6 heteroatoms. The van der Waals surface area contributed by atoms with Crippen LogP contribution in [0.15, 0.2) is 42.5 Å². The number of ether oxygens (including phenoxy) is 2. The third-order valence-corrected chi connectivity index (χ3v) is 6.28. The van der Waals surface area contributed by atoms with Crippen molar-refractivity contribution in [1.82, 2.24) is 0 Å². The van der Waals surface area contributed by atoms with Crippen LogP contribution in [0.2, 0.25) is 0 Å². The summed E-state index contributed by atoms with van der Waals surface area (Å²) >= 11 is 0. The average Bonchev–Trinajstić information content (AvgIpc) is 3.19. The van der Waals surface area contributed by atoms with Crippen LogP contribution in [0.1, 0.15) is 56.7 Å². The second-order valence-corrected chi connectivity index (χ2v) is 9.82. The number of fused-ring (bicyclic) bond motifs is 1. The molecule has 0 radical (unpaired) electrons. The first-order chi connectivity index (χ1) is 16.2. The second kappa shape index (κ2) is 11.6. The minimum absolute atomic E-state index is 0.0445. The van der Waals surface area contributed by atoms with E-state index in [9.17, 15) is 18.7 Å². The van der Waals surface area contributed by atoms with Crippen LogP contribution in [-0.4, -0.2) is 30.4 Å². The molecule has 1 atom stereocenters. The van der Waals surface area contributed by atoms with Crippen LogP contribution >= 0.6 is 0 Å². The molecule has 1 aliphatic rings. The number of rotatable bonds is 11. The molecule has 0 heterocycles. The van der Waals surface area contributed by atoms with Gasteiger partial charge in [0, 0.05) is 6.08 Å². The number of hydrogen-bond donors (Lipinski definition) is 1. The van der Waals surface area contributed by atoms with Crippen LogP contribution in [0.25, 0.3) is 6.08 Å². The molecule has 0 fully saturated rings. The third kappa shape index (κ3) is 7.39. The lowest BCUT2D eigenvalue weighted by Crippen LogP contribution is -2.23. The summed E-state index contributed by atoms with van der Waals surface area (Å²) in [6.07, 6.45) is 6.20. The van der Waals surface area contributed by atoms with Crippen LogP contribution in [-0.2, 0) is 22.4 Å². The van der Waals surface area contributed by atoms with Gasteiger partial charge in [0.15, 0.2) is 11.6 Å². The van der Waals surface area contributed by atoms with Crippen molar-refractivity contribution < 1.29 is 28.2 Å². The molecule has 2 aromatic rings. The maximum absolute atomic E-state index is 14.2. The highest BCUT2D eigenvalue weighted by Crippen LogP contribution is 2.38. The van der Waals surface area contributed by atoms with Crippen LogP contribution in [0.4, 0.5) is 8.78 Å². The summed E-state index contributed by atoms with van der Waals surface area (Å²) in [6.45, 7) is 6.16. The molecule has 1 aliphatic carbocycles. The number of halogens is 2. The molecule has 1 N–H and O–H groups in total. The lowest BCUT2D eigenvalue weighted by atomic mass is 9.78. The fraction of sp³-hybridized carbons (Fsp3) is 0.464. The van der Waals surface area contributed by atoms with Gasteiger partial charge >= 0.3 is 5.97 Å². The average molecular weight is 473 g/mol. The summed E-state index contributed by atoms with van der Waals surface area (Å²) in [5.74, 6) is -2.49. The molecule has 0 unspecified atom stereocenters. The lowest BCUT2D eigenvalue weighted by molar-refractivity contribution is -0.137. The molecular weight excluding hydrogens is 438 g/mol. The Labute approximate surface area is 200 Å². The number of esters is 1. The number of carbonyl (C=O) groups is 1. The first-order valence-electron chi connectivity index (χ1n) is 11.9. The van der Waals surface area contributed by atoms with Crippen molar-refractivity contribution >= 4 is 12.0 Å². The number of hydrogen-bond acceptors (Lipinski definition) is 4. The molecule has 0 bridgehead atoms. The van der Waals surface area contributed by atoms with E-state index in [0.29, 0.717) is 12.3 Å². The van der Waals surface area contributed by atoms with Gasteiger partial charge in [0.05, 0.1) is 12.7 Å². The normalized spacial score (nSPS) is 14.9. The summed E-state index contributed by atoms with van der Waals surface area (Å²) < 4.78 is 38.3. The molecule has 0 amide bonds. The number of benzene rings is 2. The van der Waals surface area contributed by atoms with Gasteiger partial charge < -0.3 is 14.6 Å². The zero-order valence-corrected chi connectivity index (χ0v) is 20.2. The van der Waals surface area contributed by atoms with Gasteiger partial charge in [0.2, 0.25) is 5.82 Å². The minimum atomic E-state index is -1.12. The zero-order chi connectivity index (χ0) is 24.7. The van der Waals surface area contributed by atoms with Crippen molar-refractivity contribution in [1.29, 1.82) is 0 Å². The highest BCUT2D eigenvalue weighted by atomic mass is 19.2. The van der Waals surface area contributed by atoms with Crippen molar-refractivity contribution in [3.63, 3.8) is 0 Å². The van der Waals surface area contributed by atoms with Gasteiger partial charge in [-0.25, -0.2) is 9.18 Å². The van der Waals surface area contributed by atoms with E-state index >= 15 is 0 Å². The molecule has 0 saturated heterocycles. The Morgan fingerprint density at radius 3 is 2.53 bits per heavy atom. The van der Waals surface area contributed by atoms with E-state index in [1.54, 1.807) is 6.92 Å². The van der Waals surface area contributed by atoms with Crippen molar-refractivity contribution in [3.05, 3.63) is 70.8 Å². The third-order valence-electron chi connectivity index (χ3n) is 6.28. The van der Waals surface area contributed by atoms with E-state index in [1.165, 1.54) is 23.3 Å². The Balaban J connectivity index is 1.49. The molecule has 0 aromatic heterocycles. The van der Waals surface area contributed by atoms with Crippen LogP contribution in [0, 0.1) is 23.0 Å². The molecule has 4 nitrogen and oxygen atoms in total. The predicted molar refractivity (Wildman–Crippen MR) is 128 cm³/mol. The Kier molecular flexibility index (Phi) is 8.84. The first-order valence-corrected chi connectivity index (χ1v) is 11.9. The highest BCUT2D eigenvalue weighted by molar-refractivity contribution is 5.87. The van der Waals surface area contributed by atoms with Crippen LogP contribution < -0.4 is 4.74 Å². The van der Waals surface area contributed by atoms with Gasteiger partial charge in [0.25, 0.3) is 0 Å². The topological polar surface area (TPSA) is 55.8 Å². The van der Waals surface area contributed by atoms with Gasteiger partial charge in [-0.2, -0.15) is 4.39 Å². The van der Waals surface area contributed by atoms with Crippen molar-refractivity contribution in [2.24, 2.45) is 11.3 Å². The molecule has 0 spiro atoms. The molecular formula is C28H34F2O4. The summed E-state index contributed by atoms with van der Waals surface area (Å²) in [5, 5.41) is 10.4. The van der Waals surface area contributed by atoms with E-state index in [0.717, 1.165) is 37.8 Å². The van der Waals surface area contributed by atoms with E-state index in [2.05, 4.69) is 38.1 Å².